The van der Waals surface area contributed by atoms with Crippen molar-refractivity contribution in [3.63, 3.8) is 0 Å². The fourth-order valence-electron chi connectivity index (χ4n) is 3.69. The van der Waals surface area contributed by atoms with Crippen LogP contribution in [0.4, 0.5) is 24.3 Å². The minimum Gasteiger partial charge on any atom is -0.433 e. The first-order chi connectivity index (χ1) is 16.8. The summed E-state index contributed by atoms with van der Waals surface area (Å²) in [6.45, 7) is 3.26. The van der Waals surface area contributed by atoms with Gasteiger partial charge in [0, 0.05) is 18.5 Å². The van der Waals surface area contributed by atoms with Gasteiger partial charge >= 0.3 is 12.6 Å². The average molecular weight is 563 g/mol. The van der Waals surface area contributed by atoms with Crippen LogP contribution < -0.4 is 20.7 Å². The van der Waals surface area contributed by atoms with Crippen molar-refractivity contribution in [3.05, 3.63) is 38.7 Å². The van der Waals surface area contributed by atoms with Crippen LogP contribution in [0.15, 0.2) is 18.2 Å². The summed E-state index contributed by atoms with van der Waals surface area (Å²) in [5.41, 5.74) is 0.0137. The molecule has 0 radical (unpaired) electrons. The van der Waals surface area contributed by atoms with Gasteiger partial charge in [0.05, 0.1) is 16.3 Å². The van der Waals surface area contributed by atoms with Gasteiger partial charge in [-0.2, -0.15) is 8.78 Å². The van der Waals surface area contributed by atoms with Gasteiger partial charge in [-0.15, -0.1) is 11.3 Å². The number of likely N-dealkylation sites (N-methyl/N-ethyl adjacent to an activating group) is 1. The Morgan fingerprint density at radius 3 is 2.47 bits per heavy atom. The number of hydrogen-bond acceptors (Lipinski definition) is 5. The summed E-state index contributed by atoms with van der Waals surface area (Å²) < 4.78 is 29.3. The molecule has 13 heteroatoms. The van der Waals surface area contributed by atoms with E-state index < -0.39 is 18.7 Å². The van der Waals surface area contributed by atoms with E-state index in [0.29, 0.717) is 24.4 Å². The monoisotopic (exact) mass is 562 g/mol. The Kier molecular flexibility index (Phi) is 8.68. The highest BCUT2D eigenvalue weighted by Gasteiger charge is 2.36. The third kappa shape index (κ3) is 6.19. The summed E-state index contributed by atoms with van der Waals surface area (Å²) >= 11 is 13.4. The summed E-state index contributed by atoms with van der Waals surface area (Å²) in [6, 6.07) is 2.83. The standard InChI is InChI=1S/C23H26Cl2F2N4O4S/c1-23(2,3)15-10-11(20(33)31-9-5-6-13(31)18(32)28-4)19(36-15)30-22(34)29-12-7-8-14(35-21(26)27)17(25)16(12)24/h7-8,10,13,21H,5-6,9H2,1-4H3,(H,28,32)(H2,29,30,34). The number of benzene rings is 1. The van der Waals surface area contributed by atoms with Gasteiger partial charge in [-0.3, -0.25) is 14.9 Å². The van der Waals surface area contributed by atoms with Crippen molar-refractivity contribution in [1.29, 1.82) is 0 Å². The van der Waals surface area contributed by atoms with Crippen LogP contribution in [0.5, 0.6) is 5.75 Å². The number of anilines is 2. The van der Waals surface area contributed by atoms with Crippen molar-refractivity contribution in [1.82, 2.24) is 10.2 Å². The molecule has 1 unspecified atom stereocenters. The number of rotatable bonds is 6. The molecule has 0 saturated carbocycles. The Morgan fingerprint density at radius 2 is 1.86 bits per heavy atom. The summed E-state index contributed by atoms with van der Waals surface area (Å²) in [6.07, 6.45) is 1.24. The molecule has 1 aromatic carbocycles. The first-order valence-electron chi connectivity index (χ1n) is 11.0. The van der Waals surface area contributed by atoms with E-state index in [1.54, 1.807) is 6.07 Å². The fourth-order valence-corrected chi connectivity index (χ4v) is 5.20. The van der Waals surface area contributed by atoms with Crippen LogP contribution in [0.25, 0.3) is 0 Å². The maximum absolute atomic E-state index is 13.5. The Bertz CT molecular complexity index is 1170. The van der Waals surface area contributed by atoms with Crippen LogP contribution in [0.1, 0.15) is 48.8 Å². The SMILES string of the molecule is CNC(=O)C1CCCN1C(=O)c1cc(C(C)(C)C)sc1NC(=O)Nc1ccc(OC(F)F)c(Cl)c1Cl. The largest absolute Gasteiger partial charge is 0.433 e. The van der Waals surface area contributed by atoms with Crippen LogP contribution >= 0.6 is 34.5 Å². The van der Waals surface area contributed by atoms with Gasteiger partial charge in [-0.1, -0.05) is 44.0 Å². The first kappa shape index (κ1) is 27.9. The lowest BCUT2D eigenvalue weighted by Gasteiger charge is -2.23. The summed E-state index contributed by atoms with van der Waals surface area (Å²) in [5, 5.41) is 7.59. The predicted octanol–water partition coefficient (Wildman–Crippen LogP) is 5.95. The molecule has 3 rings (SSSR count). The molecule has 8 nitrogen and oxygen atoms in total. The van der Waals surface area contributed by atoms with Crippen LogP contribution in [-0.4, -0.2) is 49.0 Å². The highest BCUT2D eigenvalue weighted by Crippen LogP contribution is 2.40. The van der Waals surface area contributed by atoms with Crippen molar-refractivity contribution in [2.45, 2.75) is 51.7 Å². The van der Waals surface area contributed by atoms with E-state index in [1.807, 2.05) is 20.8 Å². The number of ether oxygens (including phenoxy) is 1. The van der Waals surface area contributed by atoms with Gasteiger partial charge in [0.25, 0.3) is 5.91 Å². The molecule has 2 heterocycles. The average Bonchev–Trinajstić information content (AvgIpc) is 3.45. The summed E-state index contributed by atoms with van der Waals surface area (Å²) in [4.78, 5) is 40.9. The van der Waals surface area contributed by atoms with Crippen molar-refractivity contribution >= 4 is 63.1 Å². The normalized spacial score (nSPS) is 15.7. The topological polar surface area (TPSA) is 99.8 Å². The quantitative estimate of drug-likeness (QED) is 0.405. The third-order valence-electron chi connectivity index (χ3n) is 5.50. The minimum absolute atomic E-state index is 0.0560. The first-order valence-corrected chi connectivity index (χ1v) is 12.6. The van der Waals surface area contributed by atoms with Crippen LogP contribution in [0.3, 0.4) is 0 Å². The second kappa shape index (κ2) is 11.2. The van der Waals surface area contributed by atoms with E-state index in [1.165, 1.54) is 29.4 Å². The zero-order chi connectivity index (χ0) is 26.8. The molecule has 1 aliphatic rings. The fraction of sp³-hybridized carbons (Fsp3) is 0.435. The molecule has 1 saturated heterocycles. The van der Waals surface area contributed by atoms with E-state index in [2.05, 4.69) is 20.7 Å². The molecule has 4 amide bonds. The van der Waals surface area contributed by atoms with Crippen molar-refractivity contribution in [2.24, 2.45) is 0 Å². The number of amides is 4. The molecule has 1 aromatic heterocycles. The van der Waals surface area contributed by atoms with Gasteiger partial charge in [-0.25, -0.2) is 4.79 Å². The molecule has 36 heavy (non-hydrogen) atoms. The number of alkyl halides is 2. The van der Waals surface area contributed by atoms with E-state index in [-0.39, 0.29) is 44.3 Å². The predicted molar refractivity (Wildman–Crippen MR) is 137 cm³/mol. The van der Waals surface area contributed by atoms with Gasteiger partial charge in [0.15, 0.2) is 0 Å². The van der Waals surface area contributed by atoms with E-state index in [0.717, 1.165) is 10.9 Å². The van der Waals surface area contributed by atoms with Crippen LogP contribution in [0, 0.1) is 0 Å². The van der Waals surface area contributed by atoms with E-state index in [4.69, 9.17) is 23.2 Å². The molecular formula is C23H26Cl2F2N4O4S. The Labute approximate surface area is 221 Å². The third-order valence-corrected chi connectivity index (χ3v) is 7.84. The van der Waals surface area contributed by atoms with Crippen molar-refractivity contribution < 1.29 is 27.9 Å². The van der Waals surface area contributed by atoms with Gasteiger partial charge in [0.1, 0.15) is 21.8 Å². The number of nitrogens with one attached hydrogen (secondary N) is 3. The number of carbonyl (C=O) groups excluding carboxylic acids is 3. The second-order valence-corrected chi connectivity index (χ2v) is 10.9. The van der Waals surface area contributed by atoms with Crippen molar-refractivity contribution in [3.8, 4) is 5.75 Å². The van der Waals surface area contributed by atoms with E-state index in [9.17, 15) is 23.2 Å². The highest BCUT2D eigenvalue weighted by molar-refractivity contribution is 7.16. The Balaban J connectivity index is 1.86. The molecule has 196 valence electrons. The summed E-state index contributed by atoms with van der Waals surface area (Å²) in [7, 11) is 1.52. The molecular weight excluding hydrogens is 537 g/mol. The number of carbonyl (C=O) groups is 3. The molecule has 0 aliphatic carbocycles. The smallest absolute Gasteiger partial charge is 0.387 e. The zero-order valence-electron chi connectivity index (χ0n) is 20.0. The zero-order valence-corrected chi connectivity index (χ0v) is 22.3. The van der Waals surface area contributed by atoms with Crippen LogP contribution in [0.2, 0.25) is 10.0 Å². The minimum atomic E-state index is -3.09. The number of nitrogens with zero attached hydrogens (tertiary/aromatic N) is 1. The van der Waals surface area contributed by atoms with Gasteiger partial charge in [-0.05, 0) is 36.5 Å². The van der Waals surface area contributed by atoms with Crippen molar-refractivity contribution in [2.75, 3.05) is 24.2 Å². The lowest BCUT2D eigenvalue weighted by Crippen LogP contribution is -2.45. The number of halogens is 4. The van der Waals surface area contributed by atoms with E-state index >= 15 is 0 Å². The van der Waals surface area contributed by atoms with Gasteiger partial charge < -0.3 is 20.3 Å². The number of urea groups is 1. The molecule has 0 spiro atoms. The maximum atomic E-state index is 13.5. The maximum Gasteiger partial charge on any atom is 0.387 e. The number of thiophene rings is 1. The molecule has 1 aliphatic heterocycles. The second-order valence-electron chi connectivity index (χ2n) is 9.07. The Morgan fingerprint density at radius 1 is 1.17 bits per heavy atom. The summed E-state index contributed by atoms with van der Waals surface area (Å²) in [5.74, 6) is -0.942. The lowest BCUT2D eigenvalue weighted by molar-refractivity contribution is -0.124. The lowest BCUT2D eigenvalue weighted by atomic mass is 9.94. The van der Waals surface area contributed by atoms with Gasteiger partial charge in [0.2, 0.25) is 5.91 Å². The molecule has 2 aromatic rings. The van der Waals surface area contributed by atoms with Crippen LogP contribution in [-0.2, 0) is 10.2 Å². The molecule has 1 fully saturated rings. The number of hydrogen-bond donors (Lipinski definition) is 3. The Hall–Kier alpha value is -2.63. The number of likely N-dealkylation sites (tertiary alicyclic amines) is 1. The highest BCUT2D eigenvalue weighted by atomic mass is 35.5. The molecule has 0 bridgehead atoms. The molecule has 1 atom stereocenters. The molecule has 3 N–H and O–H groups in total.